The molecule has 0 aliphatic rings. The maximum absolute atomic E-state index is 5.76. The van der Waals surface area contributed by atoms with Gasteiger partial charge in [-0.15, -0.1) is 0 Å². The number of hydrogen-bond acceptors (Lipinski definition) is 5. The number of para-hydroxylation sites is 1. The summed E-state index contributed by atoms with van der Waals surface area (Å²) in [4.78, 5) is 4.56. The fourth-order valence-corrected chi connectivity index (χ4v) is 2.66. The molecule has 0 fully saturated rings. The van der Waals surface area contributed by atoms with Crippen LogP contribution in [-0.2, 0) is 0 Å². The number of nitrogens with one attached hydrogen (secondary N) is 1. The smallest absolute Gasteiger partial charge is 0.128 e. The molecule has 0 aliphatic heterocycles. The fraction of sp³-hybridized carbons (Fsp3) is 0.238. The monoisotopic (exact) mass is 349 g/mol. The van der Waals surface area contributed by atoms with E-state index in [0.717, 1.165) is 45.8 Å². The minimum Gasteiger partial charge on any atom is -0.497 e. The van der Waals surface area contributed by atoms with E-state index in [0.29, 0.717) is 6.61 Å². The molecular formula is C21H23N3O2. The van der Waals surface area contributed by atoms with Crippen molar-refractivity contribution in [1.29, 1.82) is 0 Å². The van der Waals surface area contributed by atoms with Gasteiger partial charge in [0.05, 0.1) is 31.1 Å². The highest BCUT2D eigenvalue weighted by atomic mass is 16.5. The number of benzene rings is 2. The highest BCUT2D eigenvalue weighted by Crippen LogP contribution is 2.27. The zero-order valence-corrected chi connectivity index (χ0v) is 15.3. The Labute approximate surface area is 153 Å². The van der Waals surface area contributed by atoms with E-state index in [1.807, 2.05) is 55.5 Å². The van der Waals surface area contributed by atoms with Crippen LogP contribution < -0.4 is 14.9 Å². The minimum absolute atomic E-state index is 0.687. The van der Waals surface area contributed by atoms with Gasteiger partial charge in [0, 0.05) is 16.6 Å². The highest BCUT2D eigenvalue weighted by Gasteiger charge is 2.05. The lowest BCUT2D eigenvalue weighted by atomic mass is 10.1. The lowest BCUT2D eigenvalue weighted by Crippen LogP contribution is -1.99. The van der Waals surface area contributed by atoms with E-state index in [1.54, 1.807) is 13.3 Å². The molecule has 2 aromatic carbocycles. The summed E-state index contributed by atoms with van der Waals surface area (Å²) in [5, 5.41) is 5.36. The lowest BCUT2D eigenvalue weighted by Gasteiger charge is -2.09. The second-order valence-corrected chi connectivity index (χ2v) is 5.95. The van der Waals surface area contributed by atoms with Crippen LogP contribution in [0.2, 0.25) is 0 Å². The van der Waals surface area contributed by atoms with Gasteiger partial charge in [0.2, 0.25) is 0 Å². The molecule has 0 unspecified atom stereocenters. The number of aromatic nitrogens is 1. The first-order valence-corrected chi connectivity index (χ1v) is 8.67. The second-order valence-electron chi connectivity index (χ2n) is 5.95. The van der Waals surface area contributed by atoms with Gasteiger partial charge < -0.3 is 9.47 Å². The zero-order chi connectivity index (χ0) is 18.4. The van der Waals surface area contributed by atoms with E-state index < -0.39 is 0 Å². The van der Waals surface area contributed by atoms with Crippen LogP contribution in [0, 0.1) is 6.92 Å². The van der Waals surface area contributed by atoms with Crippen molar-refractivity contribution in [3.63, 3.8) is 0 Å². The van der Waals surface area contributed by atoms with Crippen LogP contribution >= 0.6 is 0 Å². The van der Waals surface area contributed by atoms with E-state index in [9.17, 15) is 0 Å². The van der Waals surface area contributed by atoms with Gasteiger partial charge in [-0.1, -0.05) is 19.1 Å². The molecule has 0 saturated carbocycles. The van der Waals surface area contributed by atoms with E-state index in [2.05, 4.69) is 22.4 Å². The normalized spacial score (nSPS) is 11.0. The van der Waals surface area contributed by atoms with Crippen molar-refractivity contribution in [1.82, 2.24) is 4.98 Å². The number of rotatable bonds is 7. The van der Waals surface area contributed by atoms with Crippen molar-refractivity contribution in [3.8, 4) is 11.5 Å². The second kappa shape index (κ2) is 8.34. The van der Waals surface area contributed by atoms with Crippen LogP contribution in [0.1, 0.15) is 24.6 Å². The Kier molecular flexibility index (Phi) is 5.69. The molecule has 0 saturated heterocycles. The molecule has 134 valence electrons. The molecule has 3 aromatic rings. The molecule has 1 heterocycles. The summed E-state index contributed by atoms with van der Waals surface area (Å²) in [6.45, 7) is 4.74. The summed E-state index contributed by atoms with van der Waals surface area (Å²) in [6, 6.07) is 15.6. The number of hydrazone groups is 1. The Balaban J connectivity index is 1.87. The average Bonchev–Trinajstić information content (AvgIpc) is 2.66. The Morgan fingerprint density at radius 1 is 1.15 bits per heavy atom. The fourth-order valence-electron chi connectivity index (χ4n) is 2.66. The van der Waals surface area contributed by atoms with Crippen LogP contribution in [0.15, 0.2) is 53.6 Å². The van der Waals surface area contributed by atoms with E-state index in [1.165, 1.54) is 0 Å². The molecule has 1 N–H and O–H groups in total. The Bertz CT molecular complexity index is 922. The van der Waals surface area contributed by atoms with Gasteiger partial charge in [0.25, 0.3) is 0 Å². The Morgan fingerprint density at radius 2 is 2.00 bits per heavy atom. The molecule has 1 aromatic heterocycles. The van der Waals surface area contributed by atoms with Gasteiger partial charge in [0.1, 0.15) is 11.5 Å². The van der Waals surface area contributed by atoms with Crippen LogP contribution in [0.25, 0.3) is 10.9 Å². The molecule has 5 heteroatoms. The molecule has 0 aliphatic carbocycles. The molecule has 26 heavy (non-hydrogen) atoms. The number of anilines is 1. The van der Waals surface area contributed by atoms with Gasteiger partial charge >= 0.3 is 0 Å². The van der Waals surface area contributed by atoms with E-state index >= 15 is 0 Å². The third-order valence-corrected chi connectivity index (χ3v) is 3.91. The summed E-state index contributed by atoms with van der Waals surface area (Å²) in [6.07, 6.45) is 2.74. The van der Waals surface area contributed by atoms with Crippen molar-refractivity contribution in [3.05, 3.63) is 59.8 Å². The van der Waals surface area contributed by atoms with Crippen LogP contribution in [-0.4, -0.2) is 24.9 Å². The van der Waals surface area contributed by atoms with Crippen molar-refractivity contribution in [2.75, 3.05) is 19.1 Å². The zero-order valence-electron chi connectivity index (χ0n) is 15.3. The Hall–Kier alpha value is -3.08. The number of hydrogen-bond donors (Lipinski definition) is 1. The standard InChI is InChI=1S/C21H23N3O2/c1-4-11-26-21-8-6-5-7-16(21)14-22-24-20-12-15(2)23-19-10-9-17(25-3)13-18(19)20/h5-10,12-14H,4,11H2,1-3H3,(H,23,24). The van der Waals surface area contributed by atoms with Crippen LogP contribution in [0.3, 0.4) is 0 Å². The first-order valence-electron chi connectivity index (χ1n) is 8.67. The summed E-state index contributed by atoms with van der Waals surface area (Å²) in [5.74, 6) is 1.62. The number of fused-ring (bicyclic) bond motifs is 1. The maximum atomic E-state index is 5.76. The molecular weight excluding hydrogens is 326 g/mol. The molecule has 0 atom stereocenters. The SMILES string of the molecule is CCCOc1ccccc1C=NNc1cc(C)nc2ccc(OC)cc12. The molecule has 3 rings (SSSR count). The molecule has 0 radical (unpaired) electrons. The Morgan fingerprint density at radius 3 is 2.81 bits per heavy atom. The quantitative estimate of drug-likeness (QED) is 0.492. The summed E-state index contributed by atoms with van der Waals surface area (Å²) >= 11 is 0. The van der Waals surface area contributed by atoms with Crippen molar-refractivity contribution < 1.29 is 9.47 Å². The number of methoxy groups -OCH3 is 1. The van der Waals surface area contributed by atoms with Gasteiger partial charge in [-0.25, -0.2) is 0 Å². The molecule has 5 nitrogen and oxygen atoms in total. The van der Waals surface area contributed by atoms with E-state index in [-0.39, 0.29) is 0 Å². The van der Waals surface area contributed by atoms with Crippen LogP contribution in [0.5, 0.6) is 11.5 Å². The van der Waals surface area contributed by atoms with Gasteiger partial charge in [-0.2, -0.15) is 5.10 Å². The maximum Gasteiger partial charge on any atom is 0.128 e. The van der Waals surface area contributed by atoms with Gasteiger partial charge in [-0.3, -0.25) is 10.4 Å². The molecule has 0 amide bonds. The highest BCUT2D eigenvalue weighted by molar-refractivity contribution is 5.93. The first kappa shape index (κ1) is 17.7. The third-order valence-electron chi connectivity index (χ3n) is 3.91. The summed E-state index contributed by atoms with van der Waals surface area (Å²) in [5.41, 5.74) is 6.77. The number of pyridine rings is 1. The van der Waals surface area contributed by atoms with Gasteiger partial charge in [0.15, 0.2) is 0 Å². The lowest BCUT2D eigenvalue weighted by molar-refractivity contribution is 0.317. The number of ether oxygens (including phenoxy) is 2. The van der Waals surface area contributed by atoms with Gasteiger partial charge in [-0.05, 0) is 49.7 Å². The molecule has 0 bridgehead atoms. The number of aryl methyl sites for hydroxylation is 1. The molecule has 0 spiro atoms. The predicted octanol–water partition coefficient (Wildman–Crippen LogP) is 4.79. The topological polar surface area (TPSA) is 55.7 Å². The average molecular weight is 349 g/mol. The summed E-state index contributed by atoms with van der Waals surface area (Å²) in [7, 11) is 1.65. The van der Waals surface area contributed by atoms with Crippen LogP contribution in [0.4, 0.5) is 5.69 Å². The summed E-state index contributed by atoms with van der Waals surface area (Å²) < 4.78 is 11.1. The number of nitrogens with zero attached hydrogens (tertiary/aromatic N) is 2. The first-order chi connectivity index (χ1) is 12.7. The van der Waals surface area contributed by atoms with Crippen molar-refractivity contribution in [2.45, 2.75) is 20.3 Å². The largest absolute Gasteiger partial charge is 0.497 e. The van der Waals surface area contributed by atoms with Crippen molar-refractivity contribution >= 4 is 22.8 Å². The van der Waals surface area contributed by atoms with Crippen molar-refractivity contribution in [2.24, 2.45) is 5.10 Å². The predicted molar refractivity (Wildman–Crippen MR) is 106 cm³/mol. The minimum atomic E-state index is 0.687. The van der Waals surface area contributed by atoms with E-state index in [4.69, 9.17) is 9.47 Å². The third kappa shape index (κ3) is 4.11.